The van der Waals surface area contributed by atoms with Crippen LogP contribution in [0.5, 0.6) is 0 Å². The van der Waals surface area contributed by atoms with Crippen molar-refractivity contribution in [2.24, 2.45) is 5.92 Å². The molecular formula is C16H21N3O2S. The highest BCUT2D eigenvalue weighted by molar-refractivity contribution is 7.18. The molecule has 1 unspecified atom stereocenters. The van der Waals surface area contributed by atoms with Gasteiger partial charge in [0.2, 0.25) is 5.91 Å². The fourth-order valence-corrected chi connectivity index (χ4v) is 3.97. The average molecular weight is 319 g/mol. The van der Waals surface area contributed by atoms with Crippen LogP contribution in [-0.4, -0.2) is 21.5 Å². The molecule has 0 aromatic carbocycles. The number of hydrogen-bond donors (Lipinski definition) is 1. The Bertz CT molecular complexity index is 776. The van der Waals surface area contributed by atoms with Gasteiger partial charge in [-0.15, -0.1) is 11.3 Å². The number of fused-ring (bicyclic) bond motifs is 3. The van der Waals surface area contributed by atoms with E-state index in [9.17, 15) is 9.59 Å². The number of nitrogens with zero attached hydrogens (tertiary/aromatic N) is 2. The summed E-state index contributed by atoms with van der Waals surface area (Å²) in [5.74, 6) is 0.220. The van der Waals surface area contributed by atoms with Crippen molar-refractivity contribution in [1.29, 1.82) is 0 Å². The largest absolute Gasteiger partial charge is 0.352 e. The molecule has 2 heterocycles. The van der Waals surface area contributed by atoms with Crippen LogP contribution in [0.3, 0.4) is 0 Å². The van der Waals surface area contributed by atoms with Crippen molar-refractivity contribution in [2.45, 2.75) is 52.6 Å². The molecule has 1 N–H and O–H groups in total. The molecule has 0 spiro atoms. The van der Waals surface area contributed by atoms with Crippen LogP contribution in [0.25, 0.3) is 10.2 Å². The minimum Gasteiger partial charge on any atom is -0.352 e. The second kappa shape index (κ2) is 5.83. The molecule has 0 saturated heterocycles. The van der Waals surface area contributed by atoms with Crippen LogP contribution in [0.4, 0.5) is 0 Å². The third-order valence-electron chi connectivity index (χ3n) is 4.39. The number of rotatable bonds is 4. The highest BCUT2D eigenvalue weighted by Gasteiger charge is 2.21. The lowest BCUT2D eigenvalue weighted by Crippen LogP contribution is -2.39. The van der Waals surface area contributed by atoms with Gasteiger partial charge in [-0.25, -0.2) is 4.98 Å². The summed E-state index contributed by atoms with van der Waals surface area (Å²) in [5, 5.41) is 3.65. The van der Waals surface area contributed by atoms with Crippen LogP contribution in [0, 0.1) is 5.92 Å². The van der Waals surface area contributed by atoms with Crippen molar-refractivity contribution in [2.75, 3.05) is 0 Å². The third-order valence-corrected chi connectivity index (χ3v) is 5.59. The van der Waals surface area contributed by atoms with E-state index in [1.807, 2.05) is 6.92 Å². The van der Waals surface area contributed by atoms with E-state index in [4.69, 9.17) is 0 Å². The topological polar surface area (TPSA) is 64.0 Å². The van der Waals surface area contributed by atoms with Gasteiger partial charge in [0, 0.05) is 10.9 Å². The van der Waals surface area contributed by atoms with Gasteiger partial charge in [-0.3, -0.25) is 14.2 Å². The molecule has 1 aliphatic carbocycles. The summed E-state index contributed by atoms with van der Waals surface area (Å²) < 4.78 is 1.43. The van der Waals surface area contributed by atoms with Gasteiger partial charge in [-0.05, 0) is 37.7 Å². The highest BCUT2D eigenvalue weighted by atomic mass is 32.1. The molecule has 6 heteroatoms. The Morgan fingerprint density at radius 1 is 1.41 bits per heavy atom. The second-order valence-corrected chi connectivity index (χ2v) is 7.40. The minimum absolute atomic E-state index is 0.0312. The molecule has 2 aromatic rings. The van der Waals surface area contributed by atoms with E-state index in [0.29, 0.717) is 5.92 Å². The van der Waals surface area contributed by atoms with Crippen LogP contribution >= 0.6 is 11.3 Å². The number of thiophene rings is 1. The monoisotopic (exact) mass is 319 g/mol. The third kappa shape index (κ3) is 2.67. The molecule has 1 atom stereocenters. The first-order valence-corrected chi connectivity index (χ1v) is 8.58. The average Bonchev–Trinajstić information content (AvgIpc) is 3.01. The molecule has 2 aromatic heterocycles. The SMILES string of the molecule is CC(C)C(C)NC(=O)Cn1cnc2sc3c(c2c1=O)CCC3. The summed E-state index contributed by atoms with van der Waals surface area (Å²) >= 11 is 1.62. The lowest BCUT2D eigenvalue weighted by Gasteiger charge is -2.17. The number of nitrogens with one attached hydrogen (secondary N) is 1. The van der Waals surface area contributed by atoms with E-state index in [1.54, 1.807) is 11.3 Å². The van der Waals surface area contributed by atoms with Crippen LogP contribution in [0.1, 0.15) is 37.6 Å². The summed E-state index contributed by atoms with van der Waals surface area (Å²) in [5.41, 5.74) is 1.07. The van der Waals surface area contributed by atoms with Crippen molar-refractivity contribution < 1.29 is 4.79 Å². The number of hydrogen-bond acceptors (Lipinski definition) is 4. The lowest BCUT2D eigenvalue weighted by molar-refractivity contribution is -0.122. The van der Waals surface area contributed by atoms with E-state index in [1.165, 1.54) is 15.8 Å². The summed E-state index contributed by atoms with van der Waals surface area (Å²) in [7, 11) is 0. The first-order valence-electron chi connectivity index (χ1n) is 7.76. The van der Waals surface area contributed by atoms with Crippen molar-refractivity contribution in [3.05, 3.63) is 27.1 Å². The zero-order chi connectivity index (χ0) is 15.9. The lowest BCUT2D eigenvalue weighted by atomic mass is 10.1. The molecule has 0 aliphatic heterocycles. The van der Waals surface area contributed by atoms with Gasteiger partial charge in [0.1, 0.15) is 11.4 Å². The first-order chi connectivity index (χ1) is 10.5. The molecule has 0 radical (unpaired) electrons. The van der Waals surface area contributed by atoms with Gasteiger partial charge in [0.15, 0.2) is 0 Å². The number of aromatic nitrogens is 2. The zero-order valence-corrected chi connectivity index (χ0v) is 14.0. The van der Waals surface area contributed by atoms with E-state index in [-0.39, 0.29) is 24.1 Å². The Hall–Kier alpha value is -1.69. The quantitative estimate of drug-likeness (QED) is 0.939. The summed E-state index contributed by atoms with van der Waals surface area (Å²) in [4.78, 5) is 31.2. The predicted octanol–water partition coefficient (Wildman–Crippen LogP) is 2.11. The van der Waals surface area contributed by atoms with Crippen molar-refractivity contribution >= 4 is 27.5 Å². The Morgan fingerprint density at radius 3 is 2.91 bits per heavy atom. The van der Waals surface area contributed by atoms with Crippen molar-refractivity contribution in [1.82, 2.24) is 14.9 Å². The maximum atomic E-state index is 12.7. The number of carbonyl (C=O) groups excluding carboxylic acids is 1. The molecule has 5 nitrogen and oxygen atoms in total. The van der Waals surface area contributed by atoms with Crippen molar-refractivity contribution in [3.63, 3.8) is 0 Å². The number of aryl methyl sites for hydroxylation is 2. The molecule has 3 rings (SSSR count). The van der Waals surface area contributed by atoms with Crippen LogP contribution in [0.15, 0.2) is 11.1 Å². The Morgan fingerprint density at radius 2 is 2.18 bits per heavy atom. The second-order valence-electron chi connectivity index (χ2n) is 6.32. The van der Waals surface area contributed by atoms with Crippen LogP contribution in [-0.2, 0) is 24.2 Å². The maximum absolute atomic E-state index is 12.7. The van der Waals surface area contributed by atoms with Gasteiger partial charge in [-0.1, -0.05) is 13.8 Å². The summed E-state index contributed by atoms with van der Waals surface area (Å²) in [6.45, 7) is 6.11. The molecule has 1 aliphatic rings. The fraction of sp³-hybridized carbons (Fsp3) is 0.562. The van der Waals surface area contributed by atoms with Gasteiger partial charge in [-0.2, -0.15) is 0 Å². The highest BCUT2D eigenvalue weighted by Crippen LogP contribution is 2.34. The molecular weight excluding hydrogens is 298 g/mol. The molecule has 1 amide bonds. The van der Waals surface area contributed by atoms with Crippen LogP contribution in [0.2, 0.25) is 0 Å². The van der Waals surface area contributed by atoms with Gasteiger partial charge >= 0.3 is 0 Å². The summed E-state index contributed by atoms with van der Waals surface area (Å²) in [6, 6.07) is 0.0882. The van der Waals surface area contributed by atoms with Gasteiger partial charge in [0.05, 0.1) is 11.7 Å². The predicted molar refractivity (Wildman–Crippen MR) is 88.3 cm³/mol. The van der Waals surface area contributed by atoms with Crippen molar-refractivity contribution in [3.8, 4) is 0 Å². The Labute approximate surface area is 133 Å². The Balaban J connectivity index is 1.87. The maximum Gasteiger partial charge on any atom is 0.262 e. The fourth-order valence-electron chi connectivity index (χ4n) is 2.75. The van der Waals surface area contributed by atoms with Gasteiger partial charge < -0.3 is 5.32 Å². The molecule has 0 bridgehead atoms. The minimum atomic E-state index is -0.142. The van der Waals surface area contributed by atoms with E-state index in [2.05, 4.69) is 24.1 Å². The van der Waals surface area contributed by atoms with E-state index in [0.717, 1.165) is 35.0 Å². The normalized spacial score (nSPS) is 15.3. The number of carbonyl (C=O) groups is 1. The molecule has 0 saturated carbocycles. The van der Waals surface area contributed by atoms with E-state index >= 15 is 0 Å². The van der Waals surface area contributed by atoms with Gasteiger partial charge in [0.25, 0.3) is 5.56 Å². The van der Waals surface area contributed by atoms with E-state index < -0.39 is 0 Å². The number of amides is 1. The smallest absolute Gasteiger partial charge is 0.262 e. The molecule has 118 valence electrons. The molecule has 22 heavy (non-hydrogen) atoms. The zero-order valence-electron chi connectivity index (χ0n) is 13.2. The Kier molecular flexibility index (Phi) is 4.04. The summed E-state index contributed by atoms with van der Waals surface area (Å²) in [6.07, 6.45) is 4.60. The standard InChI is InChI=1S/C16H21N3O2S/c1-9(2)10(3)18-13(20)7-19-8-17-15-14(16(19)21)11-5-4-6-12(11)22-15/h8-10H,4-7H2,1-3H3,(H,18,20). The molecule has 0 fully saturated rings. The van der Waals surface area contributed by atoms with Crippen LogP contribution < -0.4 is 10.9 Å². The first kappa shape index (κ1) is 15.2.